The number of nitrogens with zero attached hydrogens (tertiary/aromatic N) is 2. The van der Waals surface area contributed by atoms with E-state index in [1.807, 2.05) is 77.9 Å². The zero-order chi connectivity index (χ0) is 34.3. The van der Waals surface area contributed by atoms with Gasteiger partial charge in [-0.25, -0.2) is 4.79 Å². The maximum Gasteiger partial charge on any atom is 0.410 e. The van der Waals surface area contributed by atoms with Crippen LogP contribution < -0.4 is 5.32 Å². The molecule has 0 unspecified atom stereocenters. The molecule has 5 atom stereocenters. The highest BCUT2D eigenvalue weighted by Gasteiger charge is 2.40. The predicted molar refractivity (Wildman–Crippen MR) is 177 cm³/mol. The number of methoxy groups -OCH3 is 1. The van der Waals surface area contributed by atoms with Gasteiger partial charge in [-0.1, -0.05) is 96.5 Å². The van der Waals surface area contributed by atoms with Crippen molar-refractivity contribution < 1.29 is 33.8 Å². The molecule has 0 aliphatic heterocycles. The molecule has 10 nitrogen and oxygen atoms in total. The number of benzene rings is 2. The SMILES string of the molecule is CC[C@@H](C)[C@@H]([C@H](CC(=O)O)OC)N(C)C(=O)[C@H](NC(=O)[C@H](C(C)C)N(C)C(=O)OCC1c2ccccc2-c2ccccc21)C(C)C. The quantitative estimate of drug-likeness (QED) is 0.268. The molecule has 10 heteroatoms. The zero-order valence-corrected chi connectivity index (χ0v) is 28.7. The van der Waals surface area contributed by atoms with Crippen LogP contribution in [-0.2, 0) is 23.9 Å². The van der Waals surface area contributed by atoms with E-state index < -0.39 is 42.2 Å². The number of fused-ring (bicyclic) bond motifs is 3. The fourth-order valence-electron chi connectivity index (χ4n) is 6.61. The van der Waals surface area contributed by atoms with Crippen LogP contribution in [0.25, 0.3) is 11.1 Å². The second kappa shape index (κ2) is 16.1. The van der Waals surface area contributed by atoms with Gasteiger partial charge in [-0.05, 0) is 40.0 Å². The maximum absolute atomic E-state index is 13.9. The number of likely N-dealkylation sites (N-methyl/N-ethyl adjacent to an activating group) is 2. The number of ether oxygens (including phenoxy) is 2. The molecule has 252 valence electrons. The van der Waals surface area contributed by atoms with Gasteiger partial charge in [-0.3, -0.25) is 19.3 Å². The third-order valence-electron chi connectivity index (χ3n) is 9.25. The Hall–Kier alpha value is -3.92. The van der Waals surface area contributed by atoms with Crippen LogP contribution >= 0.6 is 0 Å². The van der Waals surface area contributed by atoms with Gasteiger partial charge in [0.1, 0.15) is 18.7 Å². The van der Waals surface area contributed by atoms with E-state index in [1.165, 1.54) is 24.0 Å². The number of nitrogens with one attached hydrogen (secondary N) is 1. The highest BCUT2D eigenvalue weighted by molar-refractivity contribution is 5.91. The van der Waals surface area contributed by atoms with E-state index in [0.29, 0.717) is 6.42 Å². The first-order valence-electron chi connectivity index (χ1n) is 16.1. The summed E-state index contributed by atoms with van der Waals surface area (Å²) in [6.45, 7) is 11.4. The van der Waals surface area contributed by atoms with Gasteiger partial charge in [0, 0.05) is 27.1 Å². The molecule has 0 heterocycles. The smallest absolute Gasteiger partial charge is 0.410 e. The van der Waals surface area contributed by atoms with Crippen LogP contribution in [-0.4, -0.2) is 90.8 Å². The minimum atomic E-state index is -1.02. The van der Waals surface area contributed by atoms with Crippen molar-refractivity contribution in [2.45, 2.75) is 84.5 Å². The molecule has 0 bridgehead atoms. The number of carboxylic acids is 1. The van der Waals surface area contributed by atoms with Gasteiger partial charge >= 0.3 is 12.1 Å². The fraction of sp³-hybridized carbons (Fsp3) is 0.556. The minimum absolute atomic E-state index is 0.0649. The molecule has 1 aliphatic rings. The Bertz CT molecular complexity index is 1330. The van der Waals surface area contributed by atoms with Gasteiger partial charge in [-0.15, -0.1) is 0 Å². The number of amides is 3. The molecular formula is C36H51N3O7. The largest absolute Gasteiger partial charge is 0.481 e. The fourth-order valence-corrected chi connectivity index (χ4v) is 6.61. The van der Waals surface area contributed by atoms with Crippen molar-refractivity contribution in [3.8, 4) is 11.1 Å². The van der Waals surface area contributed by atoms with Gasteiger partial charge in [0.15, 0.2) is 0 Å². The molecule has 1 aliphatic carbocycles. The summed E-state index contributed by atoms with van der Waals surface area (Å²) >= 11 is 0. The van der Waals surface area contributed by atoms with Crippen LogP contribution in [0.15, 0.2) is 48.5 Å². The van der Waals surface area contributed by atoms with Crippen LogP contribution in [0, 0.1) is 17.8 Å². The number of rotatable bonds is 15. The van der Waals surface area contributed by atoms with Crippen molar-refractivity contribution in [3.63, 3.8) is 0 Å². The second-order valence-electron chi connectivity index (χ2n) is 13.0. The predicted octanol–water partition coefficient (Wildman–Crippen LogP) is 5.40. The summed E-state index contributed by atoms with van der Waals surface area (Å²) in [5.74, 6) is -2.61. The van der Waals surface area contributed by atoms with E-state index in [-0.39, 0.29) is 42.6 Å². The first kappa shape index (κ1) is 36.5. The minimum Gasteiger partial charge on any atom is -0.481 e. The Kier molecular flexibility index (Phi) is 12.8. The average Bonchev–Trinajstić information content (AvgIpc) is 3.34. The van der Waals surface area contributed by atoms with E-state index in [4.69, 9.17) is 9.47 Å². The topological polar surface area (TPSA) is 125 Å². The Balaban J connectivity index is 1.76. The first-order valence-corrected chi connectivity index (χ1v) is 16.1. The standard InChI is InChI=1S/C36H51N3O7/c1-10-23(6)33(29(45-9)19-30(40)41)38(7)35(43)31(21(2)3)37-34(42)32(22(4)5)39(8)36(44)46-20-28-26-17-13-11-15-24(26)25-16-12-14-18-27(25)28/h11-18,21-23,28-29,31-33H,10,19-20H2,1-9H3,(H,37,42)(H,40,41)/t23-,29+,31-,32+,33+/m1/s1. The lowest BCUT2D eigenvalue weighted by Crippen LogP contribution is -2.60. The molecule has 2 aromatic rings. The lowest BCUT2D eigenvalue weighted by molar-refractivity contribution is -0.148. The normalized spacial score (nSPS) is 15.7. The third-order valence-corrected chi connectivity index (χ3v) is 9.25. The van der Waals surface area contributed by atoms with Crippen molar-refractivity contribution >= 4 is 23.9 Å². The molecular weight excluding hydrogens is 586 g/mol. The van der Waals surface area contributed by atoms with E-state index in [0.717, 1.165) is 22.3 Å². The van der Waals surface area contributed by atoms with Crippen molar-refractivity contribution in [2.75, 3.05) is 27.8 Å². The Labute approximate surface area is 273 Å². The van der Waals surface area contributed by atoms with Gasteiger partial charge in [0.2, 0.25) is 11.8 Å². The Morgan fingerprint density at radius 2 is 1.41 bits per heavy atom. The summed E-state index contributed by atoms with van der Waals surface area (Å²) in [6.07, 6.45) is -0.926. The summed E-state index contributed by atoms with van der Waals surface area (Å²) in [5, 5.41) is 12.4. The summed E-state index contributed by atoms with van der Waals surface area (Å²) in [5.41, 5.74) is 4.43. The second-order valence-corrected chi connectivity index (χ2v) is 13.0. The molecule has 0 saturated carbocycles. The molecule has 3 rings (SSSR count). The Morgan fingerprint density at radius 3 is 1.87 bits per heavy atom. The summed E-state index contributed by atoms with van der Waals surface area (Å²) in [7, 11) is 4.60. The van der Waals surface area contributed by atoms with Crippen molar-refractivity contribution in [2.24, 2.45) is 17.8 Å². The van der Waals surface area contributed by atoms with Crippen LogP contribution in [0.4, 0.5) is 4.79 Å². The van der Waals surface area contributed by atoms with Crippen LogP contribution in [0.2, 0.25) is 0 Å². The van der Waals surface area contributed by atoms with Gasteiger partial charge in [0.25, 0.3) is 0 Å². The zero-order valence-electron chi connectivity index (χ0n) is 28.7. The monoisotopic (exact) mass is 637 g/mol. The maximum atomic E-state index is 13.9. The van der Waals surface area contributed by atoms with Gasteiger partial charge < -0.3 is 24.8 Å². The van der Waals surface area contributed by atoms with Crippen molar-refractivity contribution in [3.05, 3.63) is 59.7 Å². The van der Waals surface area contributed by atoms with Crippen molar-refractivity contribution in [1.82, 2.24) is 15.1 Å². The lowest BCUT2D eigenvalue weighted by Gasteiger charge is -2.40. The summed E-state index contributed by atoms with van der Waals surface area (Å²) in [4.78, 5) is 55.6. The van der Waals surface area contributed by atoms with Crippen LogP contribution in [0.3, 0.4) is 0 Å². The number of carboxylic acid groups (broad SMARTS) is 1. The van der Waals surface area contributed by atoms with Gasteiger partial charge in [0.05, 0.1) is 18.6 Å². The molecule has 3 amide bonds. The van der Waals surface area contributed by atoms with E-state index in [1.54, 1.807) is 7.05 Å². The number of carbonyl (C=O) groups excluding carboxylic acids is 3. The molecule has 0 saturated heterocycles. The van der Waals surface area contributed by atoms with Crippen LogP contribution in [0.5, 0.6) is 0 Å². The Morgan fingerprint density at radius 1 is 0.870 bits per heavy atom. The molecule has 0 spiro atoms. The van der Waals surface area contributed by atoms with Crippen molar-refractivity contribution in [1.29, 1.82) is 0 Å². The highest BCUT2D eigenvalue weighted by Crippen LogP contribution is 2.44. The number of hydrogen-bond acceptors (Lipinski definition) is 6. The summed E-state index contributed by atoms with van der Waals surface area (Å²) < 4.78 is 11.4. The van der Waals surface area contributed by atoms with Gasteiger partial charge in [-0.2, -0.15) is 0 Å². The number of aliphatic carboxylic acids is 1. The number of carbonyl (C=O) groups is 4. The van der Waals surface area contributed by atoms with E-state index >= 15 is 0 Å². The molecule has 46 heavy (non-hydrogen) atoms. The average molecular weight is 638 g/mol. The molecule has 2 aromatic carbocycles. The molecule has 0 radical (unpaired) electrons. The number of hydrogen-bond donors (Lipinski definition) is 2. The molecule has 0 aromatic heterocycles. The van der Waals surface area contributed by atoms with E-state index in [2.05, 4.69) is 17.4 Å². The summed E-state index contributed by atoms with van der Waals surface area (Å²) in [6, 6.07) is 13.8. The highest BCUT2D eigenvalue weighted by atomic mass is 16.6. The van der Waals surface area contributed by atoms with E-state index in [9.17, 15) is 24.3 Å². The molecule has 0 fully saturated rings. The first-order chi connectivity index (χ1) is 21.7. The third kappa shape index (κ3) is 8.07. The molecule has 2 N–H and O–H groups in total. The van der Waals surface area contributed by atoms with Crippen LogP contribution in [0.1, 0.15) is 71.4 Å². The lowest BCUT2D eigenvalue weighted by atomic mass is 9.90.